The van der Waals surface area contributed by atoms with E-state index >= 15 is 0 Å². The molecule has 2 N–H and O–H groups in total. The minimum atomic E-state index is -1.34. The number of carbonyl (C=O) groups excluding carboxylic acids is 1. The number of fused-ring (bicyclic) bond motifs is 1. The van der Waals surface area contributed by atoms with Crippen LogP contribution < -0.4 is 10.2 Å². The van der Waals surface area contributed by atoms with Gasteiger partial charge in [-0.05, 0) is 41.8 Å². The summed E-state index contributed by atoms with van der Waals surface area (Å²) in [5.41, 5.74) is 10.2. The van der Waals surface area contributed by atoms with Gasteiger partial charge >= 0.3 is 6.16 Å². The molecule has 0 radical (unpaired) electrons. The largest absolute Gasteiger partial charge is 0.511 e. The Labute approximate surface area is 208 Å². The van der Waals surface area contributed by atoms with E-state index in [4.69, 9.17) is 14.8 Å². The van der Waals surface area contributed by atoms with E-state index in [1.54, 1.807) is 12.1 Å². The van der Waals surface area contributed by atoms with E-state index in [-0.39, 0.29) is 5.91 Å². The van der Waals surface area contributed by atoms with E-state index in [1.165, 1.54) is 0 Å². The molecule has 8 heteroatoms. The third-order valence-electron chi connectivity index (χ3n) is 6.37. The summed E-state index contributed by atoms with van der Waals surface area (Å²) < 4.78 is 7.17. The first-order valence-electron chi connectivity index (χ1n) is 11.9. The Bertz CT molecular complexity index is 1500. The van der Waals surface area contributed by atoms with Crippen molar-refractivity contribution in [2.24, 2.45) is 5.10 Å². The molecule has 3 aromatic carbocycles. The van der Waals surface area contributed by atoms with Gasteiger partial charge in [-0.2, -0.15) is 5.10 Å². The van der Waals surface area contributed by atoms with Gasteiger partial charge in [-0.25, -0.2) is 15.2 Å². The minimum absolute atomic E-state index is 0.0598. The highest BCUT2D eigenvalue weighted by Gasteiger charge is 2.18. The van der Waals surface area contributed by atoms with Gasteiger partial charge in [0.05, 0.1) is 16.7 Å². The van der Waals surface area contributed by atoms with Gasteiger partial charge in [0.2, 0.25) is 5.91 Å². The fraction of sp³-hybridized carbons (Fsp3) is 0.214. The van der Waals surface area contributed by atoms with Crippen LogP contribution in [-0.4, -0.2) is 32.4 Å². The molecular weight excluding hydrogens is 456 g/mol. The predicted octanol–water partition coefficient (Wildman–Crippen LogP) is 5.29. The van der Waals surface area contributed by atoms with Crippen molar-refractivity contribution in [1.29, 1.82) is 0 Å². The lowest BCUT2D eigenvalue weighted by Gasteiger charge is -2.14. The number of hydrazone groups is 1. The van der Waals surface area contributed by atoms with Gasteiger partial charge in [-0.3, -0.25) is 4.79 Å². The highest BCUT2D eigenvalue weighted by Crippen LogP contribution is 2.31. The average molecular weight is 483 g/mol. The SMILES string of the molecule is CCc1nc2c(C)cc(C3=NNC(=O)CC3)cc2n1Cc1ccc(-c2ccccc2OC(=O)O)cc1. The van der Waals surface area contributed by atoms with Gasteiger partial charge in [-0.15, -0.1) is 0 Å². The Kier molecular flexibility index (Phi) is 6.25. The summed E-state index contributed by atoms with van der Waals surface area (Å²) in [6, 6.07) is 19.3. The highest BCUT2D eigenvalue weighted by molar-refractivity contribution is 6.06. The van der Waals surface area contributed by atoms with Crippen LogP contribution in [0.15, 0.2) is 65.8 Å². The number of aryl methyl sites for hydroxylation is 2. The van der Waals surface area contributed by atoms with Crippen molar-refractivity contribution in [3.63, 3.8) is 0 Å². The summed E-state index contributed by atoms with van der Waals surface area (Å²) in [7, 11) is 0. The standard InChI is InChI=1S/C28H26N4O4/c1-3-25-29-27-17(2)14-20(22-12-13-26(33)31-30-22)15-23(27)32(25)16-18-8-10-19(11-9-18)21-6-4-5-7-24(21)36-28(34)35/h4-11,14-15H,3,12-13,16H2,1-2H3,(H,31,33)(H,34,35). The lowest BCUT2D eigenvalue weighted by atomic mass is 10.0. The monoisotopic (exact) mass is 482 g/mol. The molecule has 182 valence electrons. The van der Waals surface area contributed by atoms with Crippen LogP contribution in [0.1, 0.15) is 42.3 Å². The summed E-state index contributed by atoms with van der Waals surface area (Å²) in [4.78, 5) is 27.5. The number of carboxylic acid groups (broad SMARTS) is 1. The number of hydrogen-bond donors (Lipinski definition) is 2. The summed E-state index contributed by atoms with van der Waals surface area (Å²) in [5, 5.41) is 13.3. The molecule has 4 aromatic rings. The summed E-state index contributed by atoms with van der Waals surface area (Å²) in [6.45, 7) is 4.78. The third kappa shape index (κ3) is 4.57. The number of para-hydroxylation sites is 1. The van der Waals surface area contributed by atoms with Gasteiger partial charge in [0.1, 0.15) is 11.6 Å². The molecular formula is C28H26N4O4. The lowest BCUT2D eigenvalue weighted by Crippen LogP contribution is -2.25. The van der Waals surface area contributed by atoms with Crippen LogP contribution in [0, 0.1) is 6.92 Å². The normalized spacial score (nSPS) is 13.4. The Morgan fingerprint density at radius 3 is 2.56 bits per heavy atom. The van der Waals surface area contributed by atoms with Crippen molar-refractivity contribution >= 4 is 28.8 Å². The Morgan fingerprint density at radius 1 is 1.08 bits per heavy atom. The summed E-state index contributed by atoms with van der Waals surface area (Å²) in [6.07, 6.45) is 0.496. The van der Waals surface area contributed by atoms with E-state index in [0.29, 0.717) is 25.1 Å². The van der Waals surface area contributed by atoms with E-state index in [0.717, 1.165) is 56.8 Å². The van der Waals surface area contributed by atoms with E-state index in [9.17, 15) is 9.59 Å². The number of ether oxygens (including phenoxy) is 1. The zero-order valence-corrected chi connectivity index (χ0v) is 20.1. The predicted molar refractivity (Wildman–Crippen MR) is 137 cm³/mol. The van der Waals surface area contributed by atoms with Crippen LogP contribution in [0.3, 0.4) is 0 Å². The van der Waals surface area contributed by atoms with Gasteiger partial charge < -0.3 is 14.4 Å². The first-order valence-corrected chi connectivity index (χ1v) is 11.9. The Balaban J connectivity index is 1.49. The van der Waals surface area contributed by atoms with Crippen molar-refractivity contribution < 1.29 is 19.4 Å². The quantitative estimate of drug-likeness (QED) is 0.287. The highest BCUT2D eigenvalue weighted by atomic mass is 16.7. The second-order valence-corrected chi connectivity index (χ2v) is 8.78. The number of nitrogens with zero attached hydrogens (tertiary/aromatic N) is 3. The molecule has 0 atom stereocenters. The maximum Gasteiger partial charge on any atom is 0.511 e. The third-order valence-corrected chi connectivity index (χ3v) is 6.37. The molecule has 36 heavy (non-hydrogen) atoms. The molecule has 1 aliphatic rings. The molecule has 1 aliphatic heterocycles. The number of rotatable bonds is 6. The molecule has 0 saturated carbocycles. The number of amides is 1. The van der Waals surface area contributed by atoms with Crippen LogP contribution in [0.2, 0.25) is 0 Å². The van der Waals surface area contributed by atoms with Crippen LogP contribution in [0.25, 0.3) is 22.2 Å². The zero-order valence-electron chi connectivity index (χ0n) is 20.1. The van der Waals surface area contributed by atoms with Gasteiger partial charge in [0.25, 0.3) is 0 Å². The molecule has 2 heterocycles. The van der Waals surface area contributed by atoms with Gasteiger partial charge in [-0.1, -0.05) is 49.4 Å². The molecule has 8 nitrogen and oxygen atoms in total. The zero-order chi connectivity index (χ0) is 25.2. The van der Waals surface area contributed by atoms with Crippen LogP contribution >= 0.6 is 0 Å². The van der Waals surface area contributed by atoms with E-state index in [1.807, 2.05) is 36.4 Å². The number of imidazole rings is 1. The molecule has 0 saturated heterocycles. The first kappa shape index (κ1) is 23.3. The number of carbonyl (C=O) groups is 2. The van der Waals surface area contributed by atoms with Gasteiger partial charge in [0.15, 0.2) is 0 Å². The van der Waals surface area contributed by atoms with Crippen molar-refractivity contribution in [2.45, 2.75) is 39.7 Å². The average Bonchev–Trinajstić information content (AvgIpc) is 3.23. The Morgan fingerprint density at radius 2 is 1.86 bits per heavy atom. The summed E-state index contributed by atoms with van der Waals surface area (Å²) in [5.74, 6) is 1.24. The van der Waals surface area contributed by atoms with Gasteiger partial charge in [0, 0.05) is 36.9 Å². The fourth-order valence-electron chi connectivity index (χ4n) is 4.60. The molecule has 0 unspecified atom stereocenters. The van der Waals surface area contributed by atoms with E-state index in [2.05, 4.69) is 41.1 Å². The smallest absolute Gasteiger partial charge is 0.449 e. The van der Waals surface area contributed by atoms with Crippen LogP contribution in [0.4, 0.5) is 4.79 Å². The molecule has 0 fully saturated rings. The molecule has 0 aliphatic carbocycles. The lowest BCUT2D eigenvalue weighted by molar-refractivity contribution is -0.121. The van der Waals surface area contributed by atoms with E-state index < -0.39 is 6.16 Å². The minimum Gasteiger partial charge on any atom is -0.449 e. The molecule has 1 amide bonds. The van der Waals surface area contributed by atoms with Crippen molar-refractivity contribution in [1.82, 2.24) is 15.0 Å². The summed E-state index contributed by atoms with van der Waals surface area (Å²) >= 11 is 0. The maximum atomic E-state index is 11.5. The van der Waals surface area contributed by atoms with Crippen molar-refractivity contribution in [3.8, 4) is 16.9 Å². The number of nitrogens with one attached hydrogen (secondary N) is 1. The topological polar surface area (TPSA) is 106 Å². The second-order valence-electron chi connectivity index (χ2n) is 8.78. The molecule has 1 aromatic heterocycles. The maximum absolute atomic E-state index is 11.5. The van der Waals surface area contributed by atoms with Crippen LogP contribution in [0.5, 0.6) is 5.75 Å². The number of benzene rings is 3. The molecule has 5 rings (SSSR count). The van der Waals surface area contributed by atoms with Crippen molar-refractivity contribution in [2.75, 3.05) is 0 Å². The van der Waals surface area contributed by atoms with Crippen molar-refractivity contribution in [3.05, 3.63) is 83.2 Å². The number of aromatic nitrogens is 2. The number of hydrogen-bond acceptors (Lipinski definition) is 5. The Hall–Kier alpha value is -4.46. The second kappa shape index (κ2) is 9.65. The fourth-order valence-corrected chi connectivity index (χ4v) is 4.60. The van der Waals surface area contributed by atoms with Crippen LogP contribution in [-0.2, 0) is 17.8 Å². The molecule has 0 spiro atoms. The first-order chi connectivity index (χ1) is 17.4. The molecule has 0 bridgehead atoms.